The van der Waals surface area contributed by atoms with Gasteiger partial charge in [0.1, 0.15) is 23.5 Å². The second kappa shape index (κ2) is 9.36. The van der Waals surface area contributed by atoms with Crippen molar-refractivity contribution in [2.24, 2.45) is 11.7 Å². The number of benzene rings is 2. The lowest BCUT2D eigenvalue weighted by Crippen LogP contribution is -2.47. The van der Waals surface area contributed by atoms with Gasteiger partial charge in [-0.05, 0) is 31.2 Å². The Hall–Kier alpha value is -3.35. The lowest BCUT2D eigenvalue weighted by Gasteiger charge is -2.32. The number of nitrogens with two attached hydrogens (primary N) is 1. The number of primary amides is 1. The summed E-state index contributed by atoms with van der Waals surface area (Å²) >= 11 is 0. The van der Waals surface area contributed by atoms with E-state index in [2.05, 4.69) is 10.1 Å². The number of rotatable bonds is 6. The molecule has 0 bridgehead atoms. The maximum Gasteiger partial charge on any atom is 0.417 e. The highest BCUT2D eigenvalue weighted by Gasteiger charge is 2.65. The molecule has 1 aliphatic rings. The van der Waals surface area contributed by atoms with E-state index in [1.54, 1.807) is 0 Å². The van der Waals surface area contributed by atoms with Gasteiger partial charge in [0.25, 0.3) is 11.8 Å². The van der Waals surface area contributed by atoms with Crippen LogP contribution >= 0.6 is 0 Å². The average Bonchev–Trinajstić information content (AvgIpc) is 3.01. The van der Waals surface area contributed by atoms with Gasteiger partial charge in [0.05, 0.1) is 5.56 Å². The Labute approximate surface area is 194 Å². The number of halogens is 7. The molecule has 0 unspecified atom stereocenters. The number of hydrogen-bond donors (Lipinski definition) is 2. The van der Waals surface area contributed by atoms with Crippen molar-refractivity contribution in [3.63, 3.8) is 0 Å². The third-order valence-corrected chi connectivity index (χ3v) is 5.98. The van der Waals surface area contributed by atoms with Gasteiger partial charge in [-0.3, -0.25) is 9.59 Å². The van der Waals surface area contributed by atoms with E-state index >= 15 is 0 Å². The Morgan fingerprint density at radius 1 is 1.14 bits per heavy atom. The molecule has 2 aromatic carbocycles. The van der Waals surface area contributed by atoms with Crippen LogP contribution in [-0.2, 0) is 9.53 Å². The van der Waals surface area contributed by atoms with Crippen LogP contribution in [0, 0.1) is 17.6 Å². The van der Waals surface area contributed by atoms with Crippen molar-refractivity contribution in [2.45, 2.75) is 44.3 Å². The fourth-order valence-corrected chi connectivity index (χ4v) is 4.01. The van der Waals surface area contributed by atoms with Crippen LogP contribution in [-0.4, -0.2) is 36.3 Å². The second-order valence-corrected chi connectivity index (χ2v) is 8.07. The van der Waals surface area contributed by atoms with Gasteiger partial charge in [-0.2, -0.15) is 22.0 Å². The number of amides is 2. The first-order valence-electron chi connectivity index (χ1n) is 10.0. The predicted octanol–water partition coefficient (Wildman–Crippen LogP) is 4.74. The molecule has 0 spiro atoms. The fraction of sp³-hybridized carbons (Fsp3) is 0.364. The molecule has 0 aromatic heterocycles. The third-order valence-electron chi connectivity index (χ3n) is 5.98. The first-order valence-corrected chi connectivity index (χ1v) is 10.0. The summed E-state index contributed by atoms with van der Waals surface area (Å²) in [7, 11) is 0. The number of ether oxygens (including phenoxy) is 2. The van der Waals surface area contributed by atoms with Gasteiger partial charge in [0.15, 0.2) is 5.60 Å². The van der Waals surface area contributed by atoms with Crippen LogP contribution in [0.25, 0.3) is 0 Å². The van der Waals surface area contributed by atoms with Crippen LogP contribution in [0.4, 0.5) is 36.4 Å². The minimum absolute atomic E-state index is 0.191. The normalized spacial score (nSPS) is 24.5. The van der Waals surface area contributed by atoms with Gasteiger partial charge in [-0.15, -0.1) is 0 Å². The van der Waals surface area contributed by atoms with Crippen LogP contribution < -0.4 is 15.8 Å². The van der Waals surface area contributed by atoms with Crippen LogP contribution in [0.15, 0.2) is 36.4 Å². The Kier molecular flexibility index (Phi) is 7.02. The van der Waals surface area contributed by atoms with Crippen LogP contribution in [0.3, 0.4) is 0 Å². The monoisotopic (exact) mass is 508 g/mol. The van der Waals surface area contributed by atoms with Crippen molar-refractivity contribution in [1.82, 2.24) is 0 Å². The summed E-state index contributed by atoms with van der Waals surface area (Å²) in [6, 6.07) is 5.01. The molecule has 0 aliphatic carbocycles. The van der Waals surface area contributed by atoms with Crippen molar-refractivity contribution in [2.75, 3.05) is 5.32 Å². The number of carbonyl (C=O) groups excluding carboxylic acids is 2. The van der Waals surface area contributed by atoms with Crippen molar-refractivity contribution in [3.05, 3.63) is 59.2 Å². The van der Waals surface area contributed by atoms with Crippen molar-refractivity contribution >= 4 is 17.5 Å². The molecule has 2 amide bonds. The first kappa shape index (κ1) is 26.3. The summed E-state index contributed by atoms with van der Waals surface area (Å²) in [5, 5.41) is 2.22. The Bertz CT molecular complexity index is 1140. The van der Waals surface area contributed by atoms with Gasteiger partial charge >= 0.3 is 12.8 Å². The van der Waals surface area contributed by atoms with Crippen LogP contribution in [0.1, 0.15) is 35.7 Å². The zero-order chi connectivity index (χ0) is 26.3. The summed E-state index contributed by atoms with van der Waals surface area (Å²) in [4.78, 5) is 24.4. The maximum atomic E-state index is 13.9. The molecule has 1 aliphatic heterocycles. The Morgan fingerprint density at radius 3 is 2.37 bits per heavy atom. The van der Waals surface area contributed by atoms with Gasteiger partial charge < -0.3 is 20.5 Å². The molecule has 2 aromatic rings. The molecule has 190 valence electrons. The Morgan fingerprint density at radius 2 is 1.80 bits per heavy atom. The van der Waals surface area contributed by atoms with E-state index in [1.165, 1.54) is 0 Å². The molecule has 3 N–H and O–H groups in total. The van der Waals surface area contributed by atoms with Gasteiger partial charge in [0, 0.05) is 29.2 Å². The van der Waals surface area contributed by atoms with E-state index in [0.717, 1.165) is 37.3 Å². The molecule has 13 heteroatoms. The fourth-order valence-electron chi connectivity index (χ4n) is 4.01. The molecule has 0 radical (unpaired) electrons. The summed E-state index contributed by atoms with van der Waals surface area (Å²) in [5.41, 5.74) is 1.05. The molecule has 4 atom stereocenters. The number of alkyl halides is 5. The SMILES string of the molecule is C[C@H]1[C@@H](c2ccc(F)cc2OC(F)F)[C@H](C(=O)Nc2ccc(F)c(C(N)=O)c2)O[C@]1(C)C(F)(F)F. The van der Waals surface area contributed by atoms with E-state index < -0.39 is 71.1 Å². The topological polar surface area (TPSA) is 90.6 Å². The van der Waals surface area contributed by atoms with E-state index in [1.807, 2.05) is 0 Å². The lowest BCUT2D eigenvalue weighted by molar-refractivity contribution is -0.272. The zero-order valence-corrected chi connectivity index (χ0v) is 18.1. The number of carbonyl (C=O) groups is 2. The van der Waals surface area contributed by atoms with Crippen LogP contribution in [0.2, 0.25) is 0 Å². The smallest absolute Gasteiger partial charge is 0.417 e. The Balaban J connectivity index is 2.07. The molecular weight excluding hydrogens is 489 g/mol. The predicted molar refractivity (Wildman–Crippen MR) is 108 cm³/mol. The minimum atomic E-state index is -4.99. The second-order valence-electron chi connectivity index (χ2n) is 8.07. The van der Waals surface area contributed by atoms with Crippen molar-refractivity contribution < 1.29 is 49.8 Å². The lowest BCUT2D eigenvalue weighted by atomic mass is 9.77. The molecule has 1 heterocycles. The highest BCUT2D eigenvalue weighted by molar-refractivity contribution is 5.98. The summed E-state index contributed by atoms with van der Waals surface area (Å²) in [5.74, 6) is -8.13. The number of anilines is 1. The molecule has 1 saturated heterocycles. The number of nitrogens with one attached hydrogen (secondary N) is 1. The molecule has 35 heavy (non-hydrogen) atoms. The quantitative estimate of drug-likeness (QED) is 0.552. The largest absolute Gasteiger partial charge is 0.434 e. The molecule has 3 rings (SSSR count). The van der Waals surface area contributed by atoms with Crippen molar-refractivity contribution in [3.8, 4) is 5.75 Å². The third kappa shape index (κ3) is 5.04. The molecule has 6 nitrogen and oxygen atoms in total. The first-order chi connectivity index (χ1) is 16.2. The van der Waals surface area contributed by atoms with Crippen LogP contribution in [0.5, 0.6) is 5.75 Å². The summed E-state index contributed by atoms with van der Waals surface area (Å²) in [6.45, 7) is -1.64. The van der Waals surface area contributed by atoms with Crippen molar-refractivity contribution in [1.29, 1.82) is 0 Å². The van der Waals surface area contributed by atoms with Gasteiger partial charge in [0.2, 0.25) is 0 Å². The summed E-state index contributed by atoms with van der Waals surface area (Å²) < 4.78 is 105. The highest BCUT2D eigenvalue weighted by Crippen LogP contribution is 2.54. The average molecular weight is 508 g/mol. The van der Waals surface area contributed by atoms with E-state index in [4.69, 9.17) is 10.5 Å². The van der Waals surface area contributed by atoms with Gasteiger partial charge in [-0.1, -0.05) is 13.0 Å². The molecule has 1 fully saturated rings. The van der Waals surface area contributed by atoms with E-state index in [0.29, 0.717) is 13.0 Å². The minimum Gasteiger partial charge on any atom is -0.434 e. The molecular formula is C22H19F7N2O4. The van der Waals surface area contributed by atoms with Gasteiger partial charge in [-0.25, -0.2) is 8.78 Å². The number of hydrogen-bond acceptors (Lipinski definition) is 4. The maximum absolute atomic E-state index is 13.9. The molecule has 0 saturated carbocycles. The summed E-state index contributed by atoms with van der Waals surface area (Å²) in [6.07, 6.45) is -6.91. The van der Waals surface area contributed by atoms with E-state index in [9.17, 15) is 40.3 Å². The zero-order valence-electron chi connectivity index (χ0n) is 18.1. The van der Waals surface area contributed by atoms with E-state index in [-0.39, 0.29) is 11.3 Å². The standard InChI is InChI=1S/C22H19F7N2O4/c1-9-16(12-5-3-10(23)7-15(12)34-20(25)26)17(35-21(9,2)22(27,28)29)19(33)31-11-4-6-14(24)13(8-11)18(30)32/h3-9,16-17,20H,1-2H3,(H2,30,32)(H,31,33)/t9-,16-,17+,21-/m0/s1. The highest BCUT2D eigenvalue weighted by atomic mass is 19.4.